The Morgan fingerprint density at radius 2 is 1.54 bits per heavy atom. The summed E-state index contributed by atoms with van der Waals surface area (Å²) in [6.07, 6.45) is -2.22. The predicted octanol–water partition coefficient (Wildman–Crippen LogP) is 2.65. The normalized spacial score (nSPS) is 20.3. The summed E-state index contributed by atoms with van der Waals surface area (Å²) in [6.45, 7) is 3.98. The summed E-state index contributed by atoms with van der Waals surface area (Å²) in [5.74, 6) is -1.93. The molecule has 0 saturated carbocycles. The van der Waals surface area contributed by atoms with Crippen LogP contribution in [0.25, 0.3) is 11.1 Å². The summed E-state index contributed by atoms with van der Waals surface area (Å²) >= 11 is 0. The molecule has 0 aliphatic carbocycles. The van der Waals surface area contributed by atoms with E-state index in [0.717, 1.165) is 11.1 Å². The van der Waals surface area contributed by atoms with E-state index in [-0.39, 0.29) is 18.6 Å². The SMILES string of the molecule is COCC1CCC(NC(C)=O)C(C(OC(C)=O)C(CNC(=O)c2ccc(-c3ccccc3)cc2)OC(C)=O)O1. The van der Waals surface area contributed by atoms with Gasteiger partial charge in [0, 0.05) is 33.4 Å². The first-order valence-electron chi connectivity index (χ1n) is 12.9. The molecule has 1 fully saturated rings. The van der Waals surface area contributed by atoms with E-state index in [2.05, 4.69) is 10.6 Å². The van der Waals surface area contributed by atoms with E-state index in [1.807, 2.05) is 42.5 Å². The molecule has 2 N–H and O–H groups in total. The van der Waals surface area contributed by atoms with E-state index in [9.17, 15) is 19.2 Å². The summed E-state index contributed by atoms with van der Waals surface area (Å²) in [7, 11) is 1.55. The van der Waals surface area contributed by atoms with Gasteiger partial charge in [0.1, 0.15) is 6.10 Å². The number of hydrogen-bond acceptors (Lipinski definition) is 8. The highest BCUT2D eigenvalue weighted by molar-refractivity contribution is 5.94. The largest absolute Gasteiger partial charge is 0.457 e. The van der Waals surface area contributed by atoms with Crippen LogP contribution in [0, 0.1) is 0 Å². The standard InChI is InChI=1S/C29H36N2O8/c1-18(32)31-25-15-14-24(17-36-4)39-27(25)28(38-20(3)34)26(37-19(2)33)16-30-29(35)23-12-10-22(11-13-23)21-8-6-5-7-9-21/h5-13,24-28H,14-17H2,1-4H3,(H,30,35)(H,31,32). The Hall–Kier alpha value is -3.76. The summed E-state index contributed by atoms with van der Waals surface area (Å²) in [5.41, 5.74) is 2.39. The number of esters is 2. The fourth-order valence-corrected chi connectivity index (χ4v) is 4.67. The number of benzene rings is 2. The number of methoxy groups -OCH3 is 1. The molecule has 10 heteroatoms. The maximum Gasteiger partial charge on any atom is 0.303 e. The topological polar surface area (TPSA) is 129 Å². The van der Waals surface area contributed by atoms with Crippen LogP contribution in [0.2, 0.25) is 0 Å². The summed E-state index contributed by atoms with van der Waals surface area (Å²) < 4.78 is 22.6. The number of carbonyl (C=O) groups excluding carboxylic acids is 4. The number of amides is 2. The molecule has 10 nitrogen and oxygen atoms in total. The van der Waals surface area contributed by atoms with Crippen molar-refractivity contribution in [2.45, 2.75) is 64.1 Å². The minimum absolute atomic E-state index is 0.154. The van der Waals surface area contributed by atoms with Gasteiger partial charge in [-0.1, -0.05) is 42.5 Å². The average Bonchev–Trinajstić information content (AvgIpc) is 2.90. The molecule has 2 amide bonds. The zero-order chi connectivity index (χ0) is 28.4. The lowest BCUT2D eigenvalue weighted by molar-refractivity contribution is -0.195. The smallest absolute Gasteiger partial charge is 0.303 e. The highest BCUT2D eigenvalue weighted by Gasteiger charge is 2.44. The Morgan fingerprint density at radius 1 is 0.897 bits per heavy atom. The molecule has 39 heavy (non-hydrogen) atoms. The van der Waals surface area contributed by atoms with Gasteiger partial charge in [0.15, 0.2) is 12.2 Å². The quantitative estimate of drug-likeness (QED) is 0.416. The highest BCUT2D eigenvalue weighted by atomic mass is 16.6. The Balaban J connectivity index is 1.80. The van der Waals surface area contributed by atoms with Gasteiger partial charge in [-0.05, 0) is 36.1 Å². The first-order chi connectivity index (χ1) is 18.7. The zero-order valence-corrected chi connectivity index (χ0v) is 22.7. The van der Waals surface area contributed by atoms with E-state index in [1.54, 1.807) is 19.2 Å². The van der Waals surface area contributed by atoms with E-state index in [1.165, 1.54) is 20.8 Å². The Kier molecular flexibility index (Phi) is 11.0. The predicted molar refractivity (Wildman–Crippen MR) is 143 cm³/mol. The maximum absolute atomic E-state index is 13.0. The van der Waals surface area contributed by atoms with E-state index < -0.39 is 42.2 Å². The molecule has 2 aromatic carbocycles. The number of carbonyl (C=O) groups is 4. The molecule has 1 aliphatic rings. The highest BCUT2D eigenvalue weighted by Crippen LogP contribution is 2.27. The van der Waals surface area contributed by atoms with Crippen molar-refractivity contribution in [2.75, 3.05) is 20.3 Å². The van der Waals surface area contributed by atoms with Gasteiger partial charge in [0.05, 0.1) is 25.3 Å². The van der Waals surface area contributed by atoms with Crippen LogP contribution in [-0.2, 0) is 33.3 Å². The first-order valence-corrected chi connectivity index (χ1v) is 12.9. The van der Waals surface area contributed by atoms with Gasteiger partial charge >= 0.3 is 11.9 Å². The molecule has 0 aromatic heterocycles. The molecule has 0 radical (unpaired) electrons. The number of hydrogen-bond donors (Lipinski definition) is 2. The van der Waals surface area contributed by atoms with Crippen LogP contribution in [0.4, 0.5) is 0 Å². The lowest BCUT2D eigenvalue weighted by atomic mass is 9.92. The molecule has 5 unspecified atom stereocenters. The van der Waals surface area contributed by atoms with Crippen molar-refractivity contribution in [2.24, 2.45) is 0 Å². The molecule has 1 heterocycles. The number of nitrogens with one attached hydrogen (secondary N) is 2. The second-order valence-corrected chi connectivity index (χ2v) is 9.44. The van der Waals surface area contributed by atoms with E-state index in [0.29, 0.717) is 25.0 Å². The Labute approximate surface area is 228 Å². The van der Waals surface area contributed by atoms with Gasteiger partial charge in [-0.15, -0.1) is 0 Å². The van der Waals surface area contributed by atoms with Crippen LogP contribution in [0.3, 0.4) is 0 Å². The fourth-order valence-electron chi connectivity index (χ4n) is 4.67. The van der Waals surface area contributed by atoms with Crippen molar-refractivity contribution in [3.8, 4) is 11.1 Å². The second kappa shape index (κ2) is 14.4. The monoisotopic (exact) mass is 540 g/mol. The molecular formula is C29H36N2O8. The number of rotatable bonds is 11. The van der Waals surface area contributed by atoms with Crippen LogP contribution in [0.5, 0.6) is 0 Å². The van der Waals surface area contributed by atoms with E-state index in [4.69, 9.17) is 18.9 Å². The van der Waals surface area contributed by atoms with Crippen LogP contribution in [0.1, 0.15) is 44.0 Å². The van der Waals surface area contributed by atoms with Crippen molar-refractivity contribution in [3.63, 3.8) is 0 Å². The van der Waals surface area contributed by atoms with Gasteiger partial charge in [-0.3, -0.25) is 19.2 Å². The second-order valence-electron chi connectivity index (χ2n) is 9.44. The third-order valence-electron chi connectivity index (χ3n) is 6.31. The van der Waals surface area contributed by atoms with Crippen molar-refractivity contribution in [1.29, 1.82) is 0 Å². The van der Waals surface area contributed by atoms with E-state index >= 15 is 0 Å². The molecule has 5 atom stereocenters. The zero-order valence-electron chi connectivity index (χ0n) is 22.7. The van der Waals surface area contributed by atoms with Crippen LogP contribution in [0.15, 0.2) is 54.6 Å². The minimum Gasteiger partial charge on any atom is -0.457 e. The third kappa shape index (κ3) is 8.90. The van der Waals surface area contributed by atoms with Crippen LogP contribution < -0.4 is 10.6 Å². The van der Waals surface area contributed by atoms with Crippen LogP contribution >= 0.6 is 0 Å². The molecule has 0 spiro atoms. The first kappa shape index (κ1) is 29.8. The van der Waals surface area contributed by atoms with Gasteiger partial charge < -0.3 is 29.6 Å². The molecule has 1 saturated heterocycles. The number of ether oxygens (including phenoxy) is 4. The minimum atomic E-state index is -1.11. The lowest BCUT2D eigenvalue weighted by Crippen LogP contribution is -2.60. The molecule has 3 rings (SSSR count). The molecule has 2 aromatic rings. The Morgan fingerprint density at radius 3 is 2.13 bits per heavy atom. The maximum atomic E-state index is 13.0. The van der Waals surface area contributed by atoms with Gasteiger partial charge in [0.2, 0.25) is 5.91 Å². The summed E-state index contributed by atoms with van der Waals surface area (Å²) in [4.78, 5) is 49.0. The third-order valence-corrected chi connectivity index (χ3v) is 6.31. The van der Waals surface area contributed by atoms with Crippen molar-refractivity contribution >= 4 is 23.8 Å². The van der Waals surface area contributed by atoms with Crippen molar-refractivity contribution < 1.29 is 38.1 Å². The fraction of sp³-hybridized carbons (Fsp3) is 0.448. The van der Waals surface area contributed by atoms with Gasteiger partial charge in [-0.25, -0.2) is 0 Å². The summed E-state index contributed by atoms with van der Waals surface area (Å²) in [6, 6.07) is 16.4. The molecule has 1 aliphatic heterocycles. The van der Waals surface area contributed by atoms with Gasteiger partial charge in [0.25, 0.3) is 5.91 Å². The van der Waals surface area contributed by atoms with Crippen LogP contribution in [-0.4, -0.2) is 74.5 Å². The van der Waals surface area contributed by atoms with Crippen molar-refractivity contribution in [1.82, 2.24) is 10.6 Å². The average molecular weight is 541 g/mol. The van der Waals surface area contributed by atoms with Gasteiger partial charge in [-0.2, -0.15) is 0 Å². The molecular weight excluding hydrogens is 504 g/mol. The lowest BCUT2D eigenvalue weighted by Gasteiger charge is -2.42. The van der Waals surface area contributed by atoms with Crippen molar-refractivity contribution in [3.05, 3.63) is 60.2 Å². The Bertz CT molecular complexity index is 1120. The summed E-state index contributed by atoms with van der Waals surface area (Å²) in [5, 5.41) is 5.62. The molecule has 0 bridgehead atoms. The molecule has 210 valence electrons.